The maximum absolute atomic E-state index is 12.4. The molecule has 0 bridgehead atoms. The van der Waals surface area contributed by atoms with Gasteiger partial charge in [0.25, 0.3) is 0 Å². The first-order valence-corrected chi connectivity index (χ1v) is 9.78. The Labute approximate surface area is 169 Å². The summed E-state index contributed by atoms with van der Waals surface area (Å²) in [6.07, 6.45) is 3.07. The van der Waals surface area contributed by atoms with Gasteiger partial charge in [-0.1, -0.05) is 6.07 Å². The molecule has 1 amide bonds. The molecule has 1 fully saturated rings. The number of nitrogens with zero attached hydrogens (tertiary/aromatic N) is 1. The van der Waals surface area contributed by atoms with Crippen LogP contribution in [0.1, 0.15) is 36.8 Å². The van der Waals surface area contributed by atoms with E-state index in [0.717, 1.165) is 47.6 Å². The number of nitrogens with one attached hydrogen (secondary N) is 2. The van der Waals surface area contributed by atoms with Gasteiger partial charge in [-0.05, 0) is 55.2 Å². The van der Waals surface area contributed by atoms with Crippen LogP contribution in [0.4, 0.5) is 5.69 Å². The van der Waals surface area contributed by atoms with Gasteiger partial charge in [-0.15, -0.1) is 0 Å². The molecule has 152 valence electrons. The highest BCUT2D eigenvalue weighted by Gasteiger charge is 2.21. The van der Waals surface area contributed by atoms with Crippen LogP contribution in [0.5, 0.6) is 11.5 Å². The molecule has 2 heterocycles. The molecule has 7 nitrogen and oxygen atoms in total. The zero-order valence-corrected chi connectivity index (χ0v) is 16.7. The number of anilines is 1. The summed E-state index contributed by atoms with van der Waals surface area (Å²) in [5.41, 5.74) is 3.53. The van der Waals surface area contributed by atoms with E-state index in [1.54, 1.807) is 14.2 Å². The molecule has 0 spiro atoms. The number of H-pyrrole nitrogens is 1. The second kappa shape index (κ2) is 8.53. The molecule has 1 aliphatic heterocycles. The zero-order chi connectivity index (χ0) is 20.2. The van der Waals surface area contributed by atoms with Crippen molar-refractivity contribution in [3.8, 4) is 11.5 Å². The van der Waals surface area contributed by atoms with Gasteiger partial charge in [-0.25, -0.2) is 4.98 Å². The minimum absolute atomic E-state index is 0.0435. The fraction of sp³-hybridized carbons (Fsp3) is 0.364. The Morgan fingerprint density at radius 3 is 2.83 bits per heavy atom. The number of methoxy groups -OCH3 is 2. The van der Waals surface area contributed by atoms with Crippen molar-refractivity contribution in [2.75, 3.05) is 26.1 Å². The van der Waals surface area contributed by atoms with E-state index < -0.39 is 0 Å². The maximum Gasteiger partial charge on any atom is 0.224 e. The molecule has 1 atom stereocenters. The number of hydrogen-bond acceptors (Lipinski definition) is 5. The average molecular weight is 395 g/mol. The number of fused-ring (bicyclic) bond motifs is 1. The Morgan fingerprint density at radius 2 is 2.07 bits per heavy atom. The fourth-order valence-electron chi connectivity index (χ4n) is 3.57. The van der Waals surface area contributed by atoms with Crippen molar-refractivity contribution in [2.45, 2.75) is 31.8 Å². The zero-order valence-electron chi connectivity index (χ0n) is 16.7. The van der Waals surface area contributed by atoms with Gasteiger partial charge in [-0.3, -0.25) is 4.79 Å². The van der Waals surface area contributed by atoms with E-state index in [9.17, 15) is 4.79 Å². The normalized spacial score (nSPS) is 16.1. The highest BCUT2D eigenvalue weighted by molar-refractivity contribution is 5.93. The molecule has 0 unspecified atom stereocenters. The van der Waals surface area contributed by atoms with Crippen LogP contribution in [0.2, 0.25) is 0 Å². The van der Waals surface area contributed by atoms with E-state index in [4.69, 9.17) is 14.2 Å². The van der Waals surface area contributed by atoms with E-state index in [0.29, 0.717) is 24.3 Å². The lowest BCUT2D eigenvalue weighted by atomic mass is 10.1. The summed E-state index contributed by atoms with van der Waals surface area (Å²) in [5.74, 6) is 2.15. The third-order valence-corrected chi connectivity index (χ3v) is 5.11. The van der Waals surface area contributed by atoms with E-state index in [2.05, 4.69) is 15.3 Å². The van der Waals surface area contributed by atoms with Crippen LogP contribution >= 0.6 is 0 Å². The van der Waals surface area contributed by atoms with Crippen molar-refractivity contribution in [1.82, 2.24) is 9.97 Å². The molecular weight excluding hydrogens is 370 g/mol. The number of rotatable bonds is 7. The molecule has 7 heteroatoms. The summed E-state index contributed by atoms with van der Waals surface area (Å²) < 4.78 is 16.2. The van der Waals surface area contributed by atoms with Gasteiger partial charge in [0, 0.05) is 18.7 Å². The van der Waals surface area contributed by atoms with Gasteiger partial charge in [-0.2, -0.15) is 0 Å². The molecular formula is C22H25N3O4. The van der Waals surface area contributed by atoms with Gasteiger partial charge >= 0.3 is 0 Å². The van der Waals surface area contributed by atoms with Crippen molar-refractivity contribution < 1.29 is 19.0 Å². The van der Waals surface area contributed by atoms with Crippen molar-refractivity contribution in [3.05, 3.63) is 47.8 Å². The smallest absolute Gasteiger partial charge is 0.224 e. The van der Waals surface area contributed by atoms with E-state index in [-0.39, 0.29) is 12.0 Å². The average Bonchev–Trinajstić information content (AvgIpc) is 3.41. The van der Waals surface area contributed by atoms with Crippen LogP contribution in [-0.4, -0.2) is 36.7 Å². The number of amides is 1. The number of benzene rings is 2. The largest absolute Gasteiger partial charge is 0.493 e. The van der Waals surface area contributed by atoms with Crippen LogP contribution in [0.3, 0.4) is 0 Å². The van der Waals surface area contributed by atoms with Gasteiger partial charge < -0.3 is 24.5 Å². The van der Waals surface area contributed by atoms with Crippen molar-refractivity contribution >= 4 is 22.6 Å². The molecule has 1 aromatic heterocycles. The van der Waals surface area contributed by atoms with Crippen LogP contribution in [-0.2, 0) is 16.0 Å². The van der Waals surface area contributed by atoms with Gasteiger partial charge in [0.05, 0.1) is 25.3 Å². The molecule has 0 aliphatic carbocycles. The lowest BCUT2D eigenvalue weighted by Crippen LogP contribution is -2.12. The van der Waals surface area contributed by atoms with Gasteiger partial charge in [0.2, 0.25) is 5.91 Å². The SMILES string of the molecule is COc1ccc(CCC(=O)Nc2ccc3nc([C@H]4CCCO4)[nH]c3c2)cc1OC. The molecule has 29 heavy (non-hydrogen) atoms. The summed E-state index contributed by atoms with van der Waals surface area (Å²) >= 11 is 0. The van der Waals surface area contributed by atoms with Crippen LogP contribution in [0.15, 0.2) is 36.4 Å². The van der Waals surface area contributed by atoms with Crippen LogP contribution in [0, 0.1) is 0 Å². The topological polar surface area (TPSA) is 85.5 Å². The predicted molar refractivity (Wildman–Crippen MR) is 111 cm³/mol. The number of aryl methyl sites for hydroxylation is 1. The summed E-state index contributed by atoms with van der Waals surface area (Å²) in [6, 6.07) is 11.4. The Kier molecular flexibility index (Phi) is 5.67. The number of aromatic nitrogens is 2. The third kappa shape index (κ3) is 4.35. The van der Waals surface area contributed by atoms with Crippen molar-refractivity contribution in [2.24, 2.45) is 0 Å². The van der Waals surface area contributed by atoms with E-state index >= 15 is 0 Å². The number of carbonyl (C=O) groups is 1. The predicted octanol–water partition coefficient (Wildman–Crippen LogP) is 4.00. The van der Waals surface area contributed by atoms with E-state index in [1.165, 1.54) is 0 Å². The lowest BCUT2D eigenvalue weighted by Gasteiger charge is -2.10. The Balaban J connectivity index is 1.38. The number of aromatic amines is 1. The number of carbonyl (C=O) groups excluding carboxylic acids is 1. The highest BCUT2D eigenvalue weighted by Crippen LogP contribution is 2.29. The van der Waals surface area contributed by atoms with Crippen LogP contribution < -0.4 is 14.8 Å². The first kappa shape index (κ1) is 19.3. The first-order chi connectivity index (χ1) is 14.2. The van der Waals surface area contributed by atoms with E-state index in [1.807, 2.05) is 36.4 Å². The summed E-state index contributed by atoms with van der Waals surface area (Å²) in [6.45, 7) is 0.781. The Morgan fingerprint density at radius 1 is 1.21 bits per heavy atom. The molecule has 0 radical (unpaired) electrons. The highest BCUT2D eigenvalue weighted by atomic mass is 16.5. The second-order valence-electron chi connectivity index (χ2n) is 7.09. The number of ether oxygens (including phenoxy) is 3. The fourth-order valence-corrected chi connectivity index (χ4v) is 3.57. The first-order valence-electron chi connectivity index (χ1n) is 9.78. The van der Waals surface area contributed by atoms with Crippen molar-refractivity contribution in [1.29, 1.82) is 0 Å². The third-order valence-electron chi connectivity index (χ3n) is 5.11. The molecule has 2 aromatic carbocycles. The van der Waals surface area contributed by atoms with Gasteiger partial charge in [0.15, 0.2) is 11.5 Å². The van der Waals surface area contributed by atoms with Crippen LogP contribution in [0.25, 0.3) is 11.0 Å². The summed E-state index contributed by atoms with van der Waals surface area (Å²) in [4.78, 5) is 20.3. The quantitative estimate of drug-likeness (QED) is 0.631. The minimum atomic E-state index is -0.0435. The maximum atomic E-state index is 12.4. The molecule has 0 saturated carbocycles. The van der Waals surface area contributed by atoms with Crippen molar-refractivity contribution in [3.63, 3.8) is 0 Å². The Bertz CT molecular complexity index is 1010. The molecule has 2 N–H and O–H groups in total. The molecule has 1 saturated heterocycles. The standard InChI is InChI=1S/C22H25N3O4/c1-27-18-9-5-14(12-20(18)28-2)6-10-21(26)23-15-7-8-16-17(13-15)25-22(24-16)19-4-3-11-29-19/h5,7-9,12-13,19H,3-4,6,10-11H2,1-2H3,(H,23,26)(H,24,25)/t19-/m1/s1. The lowest BCUT2D eigenvalue weighted by molar-refractivity contribution is -0.116. The molecule has 3 aromatic rings. The molecule has 1 aliphatic rings. The minimum Gasteiger partial charge on any atom is -0.493 e. The number of hydrogen-bond donors (Lipinski definition) is 2. The van der Waals surface area contributed by atoms with Gasteiger partial charge in [0.1, 0.15) is 11.9 Å². The number of imidazole rings is 1. The second-order valence-corrected chi connectivity index (χ2v) is 7.09. The monoisotopic (exact) mass is 395 g/mol. The Hall–Kier alpha value is -3.06. The summed E-state index contributed by atoms with van der Waals surface area (Å²) in [5, 5.41) is 2.96. The summed E-state index contributed by atoms with van der Waals surface area (Å²) in [7, 11) is 3.20. The molecule has 4 rings (SSSR count).